The van der Waals surface area contributed by atoms with Crippen molar-refractivity contribution in [2.45, 2.75) is 0 Å². The number of nitrogens with one attached hydrogen (secondary N) is 1. The van der Waals surface area contributed by atoms with E-state index in [1.54, 1.807) is 54.6 Å². The number of benzene rings is 2. The van der Waals surface area contributed by atoms with E-state index in [0.717, 1.165) is 0 Å². The smallest absolute Gasteiger partial charge is 0.248 e. The molecule has 2 rings (SSSR count). The molecule has 0 bridgehead atoms. The van der Waals surface area contributed by atoms with Gasteiger partial charge in [-0.3, -0.25) is 4.79 Å². The summed E-state index contributed by atoms with van der Waals surface area (Å²) >= 11 is 0. The van der Waals surface area contributed by atoms with Crippen molar-refractivity contribution >= 4 is 17.7 Å². The minimum atomic E-state index is -0.356. The SMILES string of the molecule is N#Cc1ccccc1C=CC(=O)Nc1ccccc1C#N. The van der Waals surface area contributed by atoms with Crippen molar-refractivity contribution in [3.8, 4) is 12.1 Å². The van der Waals surface area contributed by atoms with E-state index in [1.165, 1.54) is 6.08 Å². The van der Waals surface area contributed by atoms with Gasteiger partial charge in [-0.05, 0) is 29.8 Å². The van der Waals surface area contributed by atoms with Gasteiger partial charge in [-0.15, -0.1) is 0 Å². The van der Waals surface area contributed by atoms with Gasteiger partial charge in [-0.25, -0.2) is 0 Å². The summed E-state index contributed by atoms with van der Waals surface area (Å²) in [5.74, 6) is -0.356. The molecule has 0 saturated heterocycles. The number of hydrogen-bond acceptors (Lipinski definition) is 3. The average Bonchev–Trinajstić information content (AvgIpc) is 2.53. The van der Waals surface area contributed by atoms with Crippen molar-refractivity contribution in [1.29, 1.82) is 10.5 Å². The van der Waals surface area contributed by atoms with Gasteiger partial charge in [0.25, 0.3) is 0 Å². The number of amides is 1. The van der Waals surface area contributed by atoms with E-state index in [2.05, 4.69) is 11.4 Å². The molecular formula is C17H11N3O. The van der Waals surface area contributed by atoms with Gasteiger partial charge < -0.3 is 5.32 Å². The highest BCUT2D eigenvalue weighted by atomic mass is 16.1. The molecule has 0 saturated carbocycles. The first-order chi connectivity index (χ1) is 10.2. The lowest BCUT2D eigenvalue weighted by Gasteiger charge is -2.03. The Kier molecular flexibility index (Phi) is 4.48. The summed E-state index contributed by atoms with van der Waals surface area (Å²) in [6, 6.07) is 17.8. The Morgan fingerprint density at radius 2 is 1.57 bits per heavy atom. The summed E-state index contributed by atoms with van der Waals surface area (Å²) in [5.41, 5.74) is 2.03. The van der Waals surface area contributed by atoms with Crippen LogP contribution in [0.5, 0.6) is 0 Å². The molecule has 1 N–H and O–H groups in total. The number of hydrogen-bond donors (Lipinski definition) is 1. The van der Waals surface area contributed by atoms with Gasteiger partial charge in [-0.1, -0.05) is 30.3 Å². The predicted octanol–water partition coefficient (Wildman–Crippen LogP) is 3.08. The number of carbonyl (C=O) groups is 1. The van der Waals surface area contributed by atoms with Crippen molar-refractivity contribution in [1.82, 2.24) is 0 Å². The molecule has 0 aliphatic carbocycles. The van der Waals surface area contributed by atoms with Gasteiger partial charge in [0.1, 0.15) is 6.07 Å². The van der Waals surface area contributed by atoms with Crippen molar-refractivity contribution in [3.05, 3.63) is 71.3 Å². The van der Waals surface area contributed by atoms with E-state index in [4.69, 9.17) is 10.5 Å². The van der Waals surface area contributed by atoms with Gasteiger partial charge in [0, 0.05) is 6.08 Å². The van der Waals surface area contributed by atoms with E-state index >= 15 is 0 Å². The molecule has 2 aromatic rings. The van der Waals surface area contributed by atoms with Gasteiger partial charge in [-0.2, -0.15) is 10.5 Å². The van der Waals surface area contributed by atoms with Crippen molar-refractivity contribution in [2.75, 3.05) is 5.32 Å². The monoisotopic (exact) mass is 273 g/mol. The van der Waals surface area contributed by atoms with E-state index in [1.807, 2.05) is 6.07 Å². The van der Waals surface area contributed by atoms with Crippen LogP contribution in [0.25, 0.3) is 6.08 Å². The van der Waals surface area contributed by atoms with Gasteiger partial charge in [0.15, 0.2) is 0 Å². The third kappa shape index (κ3) is 3.56. The lowest BCUT2D eigenvalue weighted by molar-refractivity contribution is -0.111. The normalized spacial score (nSPS) is 9.81. The minimum absolute atomic E-state index is 0.356. The molecule has 1 amide bonds. The van der Waals surface area contributed by atoms with Crippen LogP contribution >= 0.6 is 0 Å². The first-order valence-electron chi connectivity index (χ1n) is 6.22. The zero-order valence-electron chi connectivity index (χ0n) is 11.1. The zero-order valence-corrected chi connectivity index (χ0v) is 11.1. The van der Waals surface area contributed by atoms with Gasteiger partial charge in [0.05, 0.1) is 22.9 Å². The lowest BCUT2D eigenvalue weighted by Crippen LogP contribution is -2.08. The van der Waals surface area contributed by atoms with Crippen LogP contribution in [-0.2, 0) is 4.79 Å². The average molecular weight is 273 g/mol. The van der Waals surface area contributed by atoms with Crippen LogP contribution in [0.1, 0.15) is 16.7 Å². The maximum absolute atomic E-state index is 11.9. The standard InChI is InChI=1S/C17H11N3O/c18-11-14-6-2-1-5-13(14)9-10-17(21)20-16-8-4-3-7-15(16)12-19/h1-10H,(H,20,21). The van der Waals surface area contributed by atoms with Crippen LogP contribution in [-0.4, -0.2) is 5.91 Å². The first-order valence-corrected chi connectivity index (χ1v) is 6.22. The van der Waals surface area contributed by atoms with Crippen molar-refractivity contribution in [3.63, 3.8) is 0 Å². The fourth-order valence-corrected chi connectivity index (χ4v) is 1.77. The summed E-state index contributed by atoms with van der Waals surface area (Å²) in [4.78, 5) is 11.9. The highest BCUT2D eigenvalue weighted by molar-refractivity contribution is 6.02. The quantitative estimate of drug-likeness (QED) is 0.873. The zero-order chi connectivity index (χ0) is 15.1. The topological polar surface area (TPSA) is 76.7 Å². The Hall–Kier alpha value is -3.37. The molecule has 100 valence electrons. The minimum Gasteiger partial charge on any atom is -0.321 e. The van der Waals surface area contributed by atoms with E-state index < -0.39 is 0 Å². The van der Waals surface area contributed by atoms with E-state index in [-0.39, 0.29) is 5.91 Å². The Labute approximate surface area is 122 Å². The van der Waals surface area contributed by atoms with Gasteiger partial charge >= 0.3 is 0 Å². The molecule has 0 aliphatic rings. The molecule has 0 fully saturated rings. The number of anilines is 1. The second-order valence-corrected chi connectivity index (χ2v) is 4.18. The van der Waals surface area contributed by atoms with Crippen LogP contribution in [0.3, 0.4) is 0 Å². The fraction of sp³-hybridized carbons (Fsp3) is 0. The molecule has 0 atom stereocenters. The summed E-state index contributed by atoms with van der Waals surface area (Å²) in [6.07, 6.45) is 2.91. The van der Waals surface area contributed by atoms with Crippen LogP contribution in [0.4, 0.5) is 5.69 Å². The van der Waals surface area contributed by atoms with E-state index in [0.29, 0.717) is 22.4 Å². The van der Waals surface area contributed by atoms with Crippen LogP contribution in [0, 0.1) is 22.7 Å². The Balaban J connectivity index is 2.14. The lowest BCUT2D eigenvalue weighted by atomic mass is 10.1. The Morgan fingerprint density at radius 1 is 0.952 bits per heavy atom. The predicted molar refractivity (Wildman–Crippen MR) is 80.0 cm³/mol. The Bertz CT molecular complexity index is 779. The summed E-state index contributed by atoms with van der Waals surface area (Å²) < 4.78 is 0. The number of nitrogens with zero attached hydrogens (tertiary/aromatic N) is 2. The highest BCUT2D eigenvalue weighted by Gasteiger charge is 2.03. The molecule has 0 aliphatic heterocycles. The number of para-hydroxylation sites is 1. The summed E-state index contributed by atoms with van der Waals surface area (Å²) in [6.45, 7) is 0. The molecule has 4 nitrogen and oxygen atoms in total. The summed E-state index contributed by atoms with van der Waals surface area (Å²) in [5, 5.41) is 20.6. The number of carbonyl (C=O) groups excluding carboxylic acids is 1. The molecule has 0 radical (unpaired) electrons. The van der Waals surface area contributed by atoms with E-state index in [9.17, 15) is 4.79 Å². The fourth-order valence-electron chi connectivity index (χ4n) is 1.77. The largest absolute Gasteiger partial charge is 0.321 e. The molecule has 0 heterocycles. The molecule has 21 heavy (non-hydrogen) atoms. The number of rotatable bonds is 3. The molecule has 2 aromatic carbocycles. The maximum atomic E-state index is 11.9. The number of nitriles is 2. The molecular weight excluding hydrogens is 262 g/mol. The van der Waals surface area contributed by atoms with Crippen LogP contribution in [0.2, 0.25) is 0 Å². The van der Waals surface area contributed by atoms with Crippen molar-refractivity contribution in [2.24, 2.45) is 0 Å². The first kappa shape index (κ1) is 14.0. The second-order valence-electron chi connectivity index (χ2n) is 4.18. The van der Waals surface area contributed by atoms with Crippen molar-refractivity contribution < 1.29 is 4.79 Å². The summed E-state index contributed by atoms with van der Waals surface area (Å²) in [7, 11) is 0. The maximum Gasteiger partial charge on any atom is 0.248 e. The second kappa shape index (κ2) is 6.70. The molecule has 4 heteroatoms. The highest BCUT2D eigenvalue weighted by Crippen LogP contribution is 2.14. The molecule has 0 unspecified atom stereocenters. The van der Waals surface area contributed by atoms with Crippen LogP contribution in [0.15, 0.2) is 54.6 Å². The van der Waals surface area contributed by atoms with Crippen LogP contribution < -0.4 is 5.32 Å². The van der Waals surface area contributed by atoms with Gasteiger partial charge in [0.2, 0.25) is 5.91 Å². The third-order valence-corrected chi connectivity index (χ3v) is 2.80. The third-order valence-electron chi connectivity index (χ3n) is 2.80. The Morgan fingerprint density at radius 3 is 2.29 bits per heavy atom. The molecule has 0 spiro atoms. The molecule has 0 aromatic heterocycles.